The molecule has 1 unspecified atom stereocenters. The molecule has 1 aliphatic heterocycles. The average Bonchev–Trinajstić information content (AvgIpc) is 3.21. The van der Waals surface area contributed by atoms with Crippen LogP contribution in [0.15, 0.2) is 76.2 Å². The van der Waals surface area contributed by atoms with Crippen LogP contribution in [0.1, 0.15) is 31.0 Å². The standard InChI is InChI=1S/C28H28N2O6S/c1-6-14-36-20-11-8-18(9-12-20)15-23-26(31)30-25(19-10-13-21(33-4)22(16-19)34-5)24(27(32)35-7-2)17(3)29-28(30)37-23/h6,8-13,15-16,25H,1,7,14H2,2-5H3. The highest BCUT2D eigenvalue weighted by Crippen LogP contribution is 2.36. The van der Waals surface area contributed by atoms with Gasteiger partial charge in [-0.15, -0.1) is 0 Å². The van der Waals surface area contributed by atoms with Gasteiger partial charge in [-0.05, 0) is 55.3 Å². The number of esters is 1. The first kappa shape index (κ1) is 26.0. The van der Waals surface area contributed by atoms with Gasteiger partial charge in [-0.2, -0.15) is 0 Å². The summed E-state index contributed by atoms with van der Waals surface area (Å²) in [5, 5.41) is 0. The Morgan fingerprint density at radius 1 is 1.14 bits per heavy atom. The molecule has 3 aromatic rings. The molecule has 0 N–H and O–H groups in total. The first-order valence-corrected chi connectivity index (χ1v) is 12.5. The van der Waals surface area contributed by atoms with Gasteiger partial charge in [0.1, 0.15) is 12.4 Å². The van der Waals surface area contributed by atoms with Crippen LogP contribution in [-0.4, -0.2) is 38.0 Å². The topological polar surface area (TPSA) is 88.3 Å². The molecular weight excluding hydrogens is 492 g/mol. The van der Waals surface area contributed by atoms with E-state index in [0.717, 1.165) is 5.56 Å². The van der Waals surface area contributed by atoms with Crippen molar-refractivity contribution in [3.63, 3.8) is 0 Å². The Morgan fingerprint density at radius 3 is 2.51 bits per heavy atom. The zero-order chi connectivity index (χ0) is 26.5. The minimum Gasteiger partial charge on any atom is -0.493 e. The number of hydrogen-bond acceptors (Lipinski definition) is 8. The van der Waals surface area contributed by atoms with Gasteiger partial charge in [0.05, 0.1) is 42.7 Å². The molecule has 0 amide bonds. The average molecular weight is 521 g/mol. The van der Waals surface area contributed by atoms with Crippen LogP contribution in [-0.2, 0) is 9.53 Å². The van der Waals surface area contributed by atoms with Crippen molar-refractivity contribution in [2.24, 2.45) is 4.99 Å². The first-order chi connectivity index (χ1) is 17.9. The molecule has 8 nitrogen and oxygen atoms in total. The highest BCUT2D eigenvalue weighted by Gasteiger charge is 2.33. The summed E-state index contributed by atoms with van der Waals surface area (Å²) in [5.74, 6) is 1.21. The Morgan fingerprint density at radius 2 is 1.86 bits per heavy atom. The van der Waals surface area contributed by atoms with E-state index in [-0.39, 0.29) is 12.2 Å². The number of allylic oxidation sites excluding steroid dienone is 1. The molecule has 1 atom stereocenters. The SMILES string of the molecule is C=CCOc1ccc(C=c2sc3n(c2=O)C(c2ccc(OC)c(OC)c2)C(C(=O)OCC)=C(C)N=3)cc1. The molecule has 1 aliphatic rings. The minimum absolute atomic E-state index is 0.200. The number of ether oxygens (including phenoxy) is 4. The van der Waals surface area contributed by atoms with E-state index in [1.54, 1.807) is 49.8 Å². The summed E-state index contributed by atoms with van der Waals surface area (Å²) in [6, 6.07) is 12.0. The molecule has 0 aliphatic carbocycles. The van der Waals surface area contributed by atoms with Crippen molar-refractivity contribution >= 4 is 23.4 Å². The van der Waals surface area contributed by atoms with Crippen LogP contribution in [0.25, 0.3) is 6.08 Å². The maximum absolute atomic E-state index is 13.7. The molecule has 1 aromatic heterocycles. The van der Waals surface area contributed by atoms with Crippen molar-refractivity contribution in [1.82, 2.24) is 4.57 Å². The van der Waals surface area contributed by atoms with E-state index in [1.165, 1.54) is 18.4 Å². The van der Waals surface area contributed by atoms with Crippen LogP contribution in [0.2, 0.25) is 0 Å². The molecule has 192 valence electrons. The van der Waals surface area contributed by atoms with Gasteiger partial charge < -0.3 is 18.9 Å². The number of aromatic nitrogens is 1. The van der Waals surface area contributed by atoms with Gasteiger partial charge in [0.2, 0.25) is 0 Å². The number of thiazole rings is 1. The summed E-state index contributed by atoms with van der Waals surface area (Å²) < 4.78 is 23.8. The first-order valence-electron chi connectivity index (χ1n) is 11.7. The second kappa shape index (κ2) is 11.3. The number of nitrogens with zero attached hydrogens (tertiary/aromatic N) is 2. The van der Waals surface area contributed by atoms with Gasteiger partial charge in [0.25, 0.3) is 5.56 Å². The van der Waals surface area contributed by atoms with E-state index in [1.807, 2.05) is 30.3 Å². The van der Waals surface area contributed by atoms with Gasteiger partial charge in [0, 0.05) is 0 Å². The van der Waals surface area contributed by atoms with Crippen LogP contribution >= 0.6 is 11.3 Å². The summed E-state index contributed by atoms with van der Waals surface area (Å²) in [5.41, 5.74) is 2.04. The number of hydrogen-bond donors (Lipinski definition) is 0. The van der Waals surface area contributed by atoms with Crippen molar-refractivity contribution in [3.05, 3.63) is 97.2 Å². The van der Waals surface area contributed by atoms with Crippen LogP contribution in [0, 0.1) is 0 Å². The minimum atomic E-state index is -0.744. The molecule has 2 aromatic carbocycles. The Bertz CT molecular complexity index is 1530. The predicted octanol–water partition coefficient (Wildman–Crippen LogP) is 3.38. The van der Waals surface area contributed by atoms with Crippen molar-refractivity contribution in [2.75, 3.05) is 27.4 Å². The maximum atomic E-state index is 13.7. The Labute approximate surface area is 218 Å². The van der Waals surface area contributed by atoms with Crippen LogP contribution in [0.4, 0.5) is 0 Å². The third-order valence-electron chi connectivity index (χ3n) is 5.79. The molecule has 4 rings (SSSR count). The molecule has 0 bridgehead atoms. The molecule has 0 spiro atoms. The van der Waals surface area contributed by atoms with E-state index in [9.17, 15) is 9.59 Å². The fourth-order valence-corrected chi connectivity index (χ4v) is 5.14. The summed E-state index contributed by atoms with van der Waals surface area (Å²) in [6.45, 7) is 7.75. The van der Waals surface area contributed by atoms with Crippen LogP contribution < -0.4 is 29.1 Å². The van der Waals surface area contributed by atoms with Gasteiger partial charge in [-0.25, -0.2) is 9.79 Å². The third-order valence-corrected chi connectivity index (χ3v) is 6.77. The highest BCUT2D eigenvalue weighted by atomic mass is 32.1. The summed E-state index contributed by atoms with van der Waals surface area (Å²) >= 11 is 1.26. The second-order valence-corrected chi connectivity index (χ2v) is 9.09. The Kier molecular flexibility index (Phi) is 7.93. The van der Waals surface area contributed by atoms with Gasteiger partial charge in [-0.1, -0.05) is 42.2 Å². The third kappa shape index (κ3) is 5.22. The fraction of sp³-hybridized carbons (Fsp3) is 0.250. The Balaban J connectivity index is 1.87. The van der Waals surface area contributed by atoms with Crippen molar-refractivity contribution in [1.29, 1.82) is 0 Å². The van der Waals surface area contributed by atoms with Gasteiger partial charge in [0.15, 0.2) is 16.3 Å². The lowest BCUT2D eigenvalue weighted by Gasteiger charge is -2.25. The van der Waals surface area contributed by atoms with E-state index < -0.39 is 12.0 Å². The van der Waals surface area contributed by atoms with Crippen molar-refractivity contribution < 1.29 is 23.7 Å². The van der Waals surface area contributed by atoms with Gasteiger partial charge in [-0.3, -0.25) is 9.36 Å². The normalized spacial score (nSPS) is 15.0. The number of benzene rings is 2. The fourth-order valence-electron chi connectivity index (χ4n) is 4.10. The Hall–Kier alpha value is -4.11. The maximum Gasteiger partial charge on any atom is 0.338 e. The highest BCUT2D eigenvalue weighted by molar-refractivity contribution is 7.07. The largest absolute Gasteiger partial charge is 0.493 e. The van der Waals surface area contributed by atoms with Crippen LogP contribution in [0.3, 0.4) is 0 Å². The monoisotopic (exact) mass is 520 g/mol. The zero-order valence-corrected chi connectivity index (χ0v) is 22.0. The molecule has 0 saturated carbocycles. The van der Waals surface area contributed by atoms with E-state index in [0.29, 0.717) is 50.0 Å². The number of carbonyl (C=O) groups is 1. The lowest BCUT2D eigenvalue weighted by molar-refractivity contribution is -0.139. The van der Waals surface area contributed by atoms with E-state index in [2.05, 4.69) is 11.6 Å². The number of methoxy groups -OCH3 is 2. The lowest BCUT2D eigenvalue weighted by atomic mass is 9.95. The second-order valence-electron chi connectivity index (χ2n) is 8.09. The summed E-state index contributed by atoms with van der Waals surface area (Å²) in [4.78, 5) is 31.9. The molecule has 2 heterocycles. The number of carbonyl (C=O) groups excluding carboxylic acids is 1. The summed E-state index contributed by atoms with van der Waals surface area (Å²) in [6.07, 6.45) is 3.48. The quantitative estimate of drug-likeness (QED) is 0.318. The molecular formula is C28H28N2O6S. The van der Waals surface area contributed by atoms with E-state index in [4.69, 9.17) is 18.9 Å². The summed E-state index contributed by atoms with van der Waals surface area (Å²) in [7, 11) is 3.08. The molecule has 37 heavy (non-hydrogen) atoms. The molecule has 0 fully saturated rings. The number of rotatable bonds is 9. The lowest BCUT2D eigenvalue weighted by Crippen LogP contribution is -2.39. The van der Waals surface area contributed by atoms with Crippen LogP contribution in [0.5, 0.6) is 17.2 Å². The smallest absolute Gasteiger partial charge is 0.338 e. The predicted molar refractivity (Wildman–Crippen MR) is 142 cm³/mol. The van der Waals surface area contributed by atoms with E-state index >= 15 is 0 Å². The van der Waals surface area contributed by atoms with Crippen molar-refractivity contribution in [2.45, 2.75) is 19.9 Å². The van der Waals surface area contributed by atoms with Gasteiger partial charge >= 0.3 is 5.97 Å². The molecule has 9 heteroatoms. The van der Waals surface area contributed by atoms with Crippen molar-refractivity contribution in [3.8, 4) is 17.2 Å². The molecule has 0 radical (unpaired) electrons. The number of fused-ring (bicyclic) bond motifs is 1. The zero-order valence-electron chi connectivity index (χ0n) is 21.1. The molecule has 0 saturated heterocycles.